The Kier molecular flexibility index (Phi) is 10.0. The van der Waals surface area contributed by atoms with Gasteiger partial charge in [-0.05, 0) is 62.6 Å². The van der Waals surface area contributed by atoms with Crippen LogP contribution in [0.3, 0.4) is 0 Å². The van der Waals surface area contributed by atoms with Crippen molar-refractivity contribution in [3.05, 3.63) is 130 Å². The maximum absolute atomic E-state index is 14.4. The molecule has 0 aromatic heterocycles. The Labute approximate surface area is 255 Å². The van der Waals surface area contributed by atoms with Crippen LogP contribution in [0.25, 0.3) is 0 Å². The SMILES string of the molecule is CNC(=O)[C@@H](Cc1ccccc1)N(Cc1ccc(C)cc1)C(=O)CN(c1ccc(C)cc1C)S(=O)(=O)c1ccc(C)cc1. The molecule has 2 amide bonds. The minimum absolute atomic E-state index is 0.0862. The summed E-state index contributed by atoms with van der Waals surface area (Å²) >= 11 is 0. The van der Waals surface area contributed by atoms with Crippen LogP contribution >= 0.6 is 0 Å². The Balaban J connectivity index is 1.81. The first-order chi connectivity index (χ1) is 20.5. The molecular weight excluding hydrogens is 558 g/mol. The zero-order chi connectivity index (χ0) is 31.1. The number of rotatable bonds is 11. The molecule has 0 aliphatic carbocycles. The van der Waals surface area contributed by atoms with Gasteiger partial charge in [0.15, 0.2) is 0 Å². The van der Waals surface area contributed by atoms with E-state index in [1.54, 1.807) is 37.4 Å². The Hall–Kier alpha value is -4.43. The average molecular weight is 598 g/mol. The van der Waals surface area contributed by atoms with Gasteiger partial charge in [-0.25, -0.2) is 8.42 Å². The molecule has 8 heteroatoms. The minimum atomic E-state index is -4.14. The molecule has 0 saturated carbocycles. The van der Waals surface area contributed by atoms with Crippen LogP contribution in [0.5, 0.6) is 0 Å². The van der Waals surface area contributed by atoms with Gasteiger partial charge in [-0.1, -0.05) is 95.6 Å². The molecule has 4 aromatic rings. The molecule has 0 bridgehead atoms. The van der Waals surface area contributed by atoms with E-state index in [4.69, 9.17) is 0 Å². The van der Waals surface area contributed by atoms with Gasteiger partial charge in [-0.2, -0.15) is 0 Å². The summed E-state index contributed by atoms with van der Waals surface area (Å²) in [6, 6.07) is 28.4. The lowest BCUT2D eigenvalue weighted by Crippen LogP contribution is -2.53. The van der Waals surface area contributed by atoms with Gasteiger partial charge in [0.05, 0.1) is 10.6 Å². The van der Waals surface area contributed by atoms with Crippen molar-refractivity contribution in [3.63, 3.8) is 0 Å². The maximum Gasteiger partial charge on any atom is 0.264 e. The molecule has 4 aromatic carbocycles. The fraction of sp³-hybridized carbons (Fsp3) is 0.257. The van der Waals surface area contributed by atoms with Gasteiger partial charge in [-0.15, -0.1) is 0 Å². The molecule has 7 nitrogen and oxygen atoms in total. The van der Waals surface area contributed by atoms with E-state index in [1.807, 2.05) is 94.4 Å². The van der Waals surface area contributed by atoms with Crippen LogP contribution in [-0.4, -0.2) is 44.8 Å². The van der Waals surface area contributed by atoms with Crippen LogP contribution in [0.2, 0.25) is 0 Å². The van der Waals surface area contributed by atoms with Crippen LogP contribution in [0.15, 0.2) is 102 Å². The van der Waals surface area contributed by atoms with Gasteiger partial charge >= 0.3 is 0 Å². The van der Waals surface area contributed by atoms with E-state index in [2.05, 4.69) is 5.32 Å². The molecule has 0 unspecified atom stereocenters. The minimum Gasteiger partial charge on any atom is -0.357 e. The zero-order valence-electron chi connectivity index (χ0n) is 25.4. The van der Waals surface area contributed by atoms with E-state index >= 15 is 0 Å². The van der Waals surface area contributed by atoms with Crippen molar-refractivity contribution >= 4 is 27.5 Å². The van der Waals surface area contributed by atoms with Gasteiger partial charge < -0.3 is 10.2 Å². The number of benzene rings is 4. The van der Waals surface area contributed by atoms with Crippen molar-refractivity contribution in [2.24, 2.45) is 0 Å². The molecule has 0 fully saturated rings. The third-order valence-electron chi connectivity index (χ3n) is 7.50. The summed E-state index contributed by atoms with van der Waals surface area (Å²) < 4.78 is 29.5. The number of aryl methyl sites for hydroxylation is 4. The number of likely N-dealkylation sites (N-methyl/N-ethyl adjacent to an activating group) is 1. The number of amides is 2. The number of carbonyl (C=O) groups excluding carboxylic acids is 2. The van der Waals surface area contributed by atoms with E-state index < -0.39 is 28.5 Å². The second-order valence-electron chi connectivity index (χ2n) is 10.9. The van der Waals surface area contributed by atoms with Gasteiger partial charge in [0, 0.05) is 20.0 Å². The predicted molar refractivity (Wildman–Crippen MR) is 171 cm³/mol. The molecule has 0 aliphatic heterocycles. The average Bonchev–Trinajstić information content (AvgIpc) is 2.99. The lowest BCUT2D eigenvalue weighted by atomic mass is 10.0. The summed E-state index contributed by atoms with van der Waals surface area (Å²) in [5, 5.41) is 2.71. The monoisotopic (exact) mass is 597 g/mol. The Morgan fingerprint density at radius 1 is 0.744 bits per heavy atom. The highest BCUT2D eigenvalue weighted by atomic mass is 32.2. The van der Waals surface area contributed by atoms with Crippen molar-refractivity contribution < 1.29 is 18.0 Å². The van der Waals surface area contributed by atoms with Crippen LogP contribution < -0.4 is 9.62 Å². The van der Waals surface area contributed by atoms with Gasteiger partial charge in [-0.3, -0.25) is 13.9 Å². The maximum atomic E-state index is 14.4. The van der Waals surface area contributed by atoms with Crippen LogP contribution in [0.1, 0.15) is 33.4 Å². The smallest absolute Gasteiger partial charge is 0.264 e. The molecule has 1 N–H and O–H groups in total. The van der Waals surface area contributed by atoms with Crippen molar-refractivity contribution in [2.75, 3.05) is 17.9 Å². The van der Waals surface area contributed by atoms with E-state index in [0.29, 0.717) is 5.69 Å². The molecule has 43 heavy (non-hydrogen) atoms. The number of sulfonamides is 1. The predicted octanol–water partition coefficient (Wildman–Crippen LogP) is 5.50. The number of hydrogen-bond donors (Lipinski definition) is 1. The molecule has 1 atom stereocenters. The fourth-order valence-corrected chi connectivity index (χ4v) is 6.53. The van der Waals surface area contributed by atoms with Crippen LogP contribution in [-0.2, 0) is 32.6 Å². The molecule has 0 radical (unpaired) electrons. The zero-order valence-corrected chi connectivity index (χ0v) is 26.2. The molecule has 224 valence electrons. The summed E-state index contributed by atoms with van der Waals surface area (Å²) in [6.45, 7) is 7.28. The molecular formula is C35H39N3O4S. The third-order valence-corrected chi connectivity index (χ3v) is 9.27. The van der Waals surface area contributed by atoms with Crippen molar-refractivity contribution in [1.29, 1.82) is 0 Å². The number of anilines is 1. The first kappa shape index (κ1) is 31.5. The lowest BCUT2D eigenvalue weighted by molar-refractivity contribution is -0.139. The molecule has 4 rings (SSSR count). The summed E-state index contributed by atoms with van der Waals surface area (Å²) in [6.07, 6.45) is 0.270. The first-order valence-corrected chi connectivity index (χ1v) is 15.7. The van der Waals surface area contributed by atoms with Crippen LogP contribution in [0.4, 0.5) is 5.69 Å². The van der Waals surface area contributed by atoms with Crippen molar-refractivity contribution in [2.45, 2.75) is 51.6 Å². The summed E-state index contributed by atoms with van der Waals surface area (Å²) in [4.78, 5) is 29.4. The Morgan fingerprint density at radius 3 is 1.91 bits per heavy atom. The highest BCUT2D eigenvalue weighted by Gasteiger charge is 2.34. The number of nitrogens with zero attached hydrogens (tertiary/aromatic N) is 2. The largest absolute Gasteiger partial charge is 0.357 e. The number of carbonyl (C=O) groups is 2. The van der Waals surface area contributed by atoms with E-state index in [-0.39, 0.29) is 23.8 Å². The third kappa shape index (κ3) is 7.70. The Morgan fingerprint density at radius 2 is 1.33 bits per heavy atom. The quantitative estimate of drug-likeness (QED) is 0.247. The second kappa shape index (κ2) is 13.7. The summed E-state index contributed by atoms with van der Waals surface area (Å²) in [5.41, 5.74) is 5.82. The molecule has 0 spiro atoms. The van der Waals surface area contributed by atoms with Crippen LogP contribution in [0, 0.1) is 27.7 Å². The molecule has 0 saturated heterocycles. The normalized spacial score (nSPS) is 11.9. The van der Waals surface area contributed by atoms with Gasteiger partial charge in [0.25, 0.3) is 10.0 Å². The first-order valence-electron chi connectivity index (χ1n) is 14.3. The topological polar surface area (TPSA) is 86.8 Å². The fourth-order valence-electron chi connectivity index (χ4n) is 5.05. The standard InChI is InChI=1S/C35H39N3O4S/c1-25-11-16-30(17-12-25)23-37(33(35(40)36-5)22-29-9-7-6-8-10-29)34(39)24-38(32-20-15-27(3)21-28(32)4)43(41,42)31-18-13-26(2)14-19-31/h6-21,33H,22-24H2,1-5H3,(H,36,40)/t33-/m1/s1. The highest BCUT2D eigenvalue weighted by molar-refractivity contribution is 7.92. The summed E-state index contributed by atoms with van der Waals surface area (Å²) in [7, 11) is -2.60. The molecule has 0 heterocycles. The van der Waals surface area contributed by atoms with Crippen molar-refractivity contribution in [1.82, 2.24) is 10.2 Å². The van der Waals surface area contributed by atoms with E-state index in [9.17, 15) is 18.0 Å². The highest BCUT2D eigenvalue weighted by Crippen LogP contribution is 2.28. The lowest BCUT2D eigenvalue weighted by Gasteiger charge is -2.34. The van der Waals surface area contributed by atoms with E-state index in [0.717, 1.165) is 33.4 Å². The summed E-state index contributed by atoms with van der Waals surface area (Å²) in [5.74, 6) is -0.815. The van der Waals surface area contributed by atoms with E-state index in [1.165, 1.54) is 9.21 Å². The number of hydrogen-bond acceptors (Lipinski definition) is 4. The second-order valence-corrected chi connectivity index (χ2v) is 12.8. The Bertz CT molecular complexity index is 1670. The molecule has 0 aliphatic rings. The van der Waals surface area contributed by atoms with Gasteiger partial charge in [0.2, 0.25) is 11.8 Å². The van der Waals surface area contributed by atoms with Gasteiger partial charge in [0.1, 0.15) is 12.6 Å². The number of nitrogens with one attached hydrogen (secondary N) is 1. The van der Waals surface area contributed by atoms with Crippen molar-refractivity contribution in [3.8, 4) is 0 Å².